The van der Waals surface area contributed by atoms with Crippen LogP contribution in [0.3, 0.4) is 0 Å². The van der Waals surface area contributed by atoms with Crippen molar-refractivity contribution < 1.29 is 4.79 Å². The van der Waals surface area contributed by atoms with Gasteiger partial charge in [0.1, 0.15) is 18.2 Å². The van der Waals surface area contributed by atoms with Crippen molar-refractivity contribution in [2.24, 2.45) is 0 Å². The largest absolute Gasteiger partial charge is 0.341 e. The summed E-state index contributed by atoms with van der Waals surface area (Å²) in [6, 6.07) is 1.90. The first-order valence-corrected chi connectivity index (χ1v) is 7.68. The molecule has 22 heavy (non-hydrogen) atoms. The lowest BCUT2D eigenvalue weighted by atomic mass is 10.1. The van der Waals surface area contributed by atoms with Crippen molar-refractivity contribution in [2.45, 2.75) is 45.2 Å². The van der Waals surface area contributed by atoms with E-state index in [4.69, 9.17) is 0 Å². The molecule has 0 atom stereocenters. The van der Waals surface area contributed by atoms with Gasteiger partial charge in [-0.05, 0) is 32.1 Å². The number of amides is 1. The minimum absolute atomic E-state index is 0.00328. The fourth-order valence-corrected chi connectivity index (χ4v) is 3.27. The number of fused-ring (bicyclic) bond motifs is 1. The first kappa shape index (κ1) is 14.6. The van der Waals surface area contributed by atoms with Crippen LogP contribution in [0.1, 0.15) is 36.9 Å². The van der Waals surface area contributed by atoms with Crippen molar-refractivity contribution in [2.75, 3.05) is 13.1 Å². The van der Waals surface area contributed by atoms with E-state index < -0.39 is 11.2 Å². The molecule has 2 aliphatic rings. The zero-order valence-corrected chi connectivity index (χ0v) is 12.4. The van der Waals surface area contributed by atoms with E-state index in [1.165, 1.54) is 4.57 Å². The molecule has 1 amide bonds. The molecule has 0 spiro atoms. The van der Waals surface area contributed by atoms with Gasteiger partial charge in [-0.15, -0.1) is 0 Å². The Morgan fingerprint density at radius 2 is 1.82 bits per heavy atom. The highest BCUT2D eigenvalue weighted by Gasteiger charge is 2.25. The molecule has 2 aliphatic heterocycles. The molecule has 0 radical (unpaired) electrons. The van der Waals surface area contributed by atoms with Crippen LogP contribution in [0.2, 0.25) is 0 Å². The third-order valence-corrected chi connectivity index (χ3v) is 4.44. The Hall–Kier alpha value is -2.36. The molecule has 0 unspecified atom stereocenters. The predicted molar refractivity (Wildman–Crippen MR) is 78.4 cm³/mol. The minimum atomic E-state index is -0.633. The second-order valence-corrected chi connectivity index (χ2v) is 5.80. The molecular formula is C15H18N4O3. The van der Waals surface area contributed by atoms with E-state index in [2.05, 4.69) is 0 Å². The zero-order chi connectivity index (χ0) is 15.7. The fourth-order valence-electron chi connectivity index (χ4n) is 3.27. The Morgan fingerprint density at radius 1 is 1.09 bits per heavy atom. The molecule has 0 N–H and O–H groups in total. The number of nitriles is 1. The molecule has 0 aromatic carbocycles. The van der Waals surface area contributed by atoms with Crippen molar-refractivity contribution in [3.8, 4) is 6.07 Å². The van der Waals surface area contributed by atoms with Crippen molar-refractivity contribution in [1.29, 1.82) is 5.26 Å². The van der Waals surface area contributed by atoms with E-state index in [-0.39, 0.29) is 18.0 Å². The van der Waals surface area contributed by atoms with Crippen LogP contribution in [-0.4, -0.2) is 33.0 Å². The van der Waals surface area contributed by atoms with E-state index in [1.54, 1.807) is 4.90 Å². The number of piperidine rings is 1. The summed E-state index contributed by atoms with van der Waals surface area (Å²) in [5.74, 6) is -0.221. The molecule has 0 aliphatic carbocycles. The van der Waals surface area contributed by atoms with E-state index in [1.807, 2.05) is 6.07 Å². The number of hydrogen-bond donors (Lipinski definition) is 0. The lowest BCUT2D eigenvalue weighted by Gasteiger charge is -2.26. The second-order valence-electron chi connectivity index (χ2n) is 5.80. The molecule has 1 aromatic rings. The van der Waals surface area contributed by atoms with Crippen molar-refractivity contribution >= 4 is 5.91 Å². The van der Waals surface area contributed by atoms with Crippen molar-refractivity contribution in [1.82, 2.24) is 14.0 Å². The average molecular weight is 302 g/mol. The first-order valence-electron chi connectivity index (χ1n) is 7.68. The van der Waals surface area contributed by atoms with E-state index >= 15 is 0 Å². The third-order valence-electron chi connectivity index (χ3n) is 4.44. The lowest BCUT2D eigenvalue weighted by Crippen LogP contribution is -2.46. The van der Waals surface area contributed by atoms with Gasteiger partial charge in [0.05, 0.1) is 0 Å². The Labute approximate surface area is 127 Å². The van der Waals surface area contributed by atoms with Crippen LogP contribution < -0.4 is 11.2 Å². The van der Waals surface area contributed by atoms with Crippen molar-refractivity contribution in [3.05, 3.63) is 32.1 Å². The maximum absolute atomic E-state index is 12.4. The summed E-state index contributed by atoms with van der Waals surface area (Å²) in [7, 11) is 0. The highest BCUT2D eigenvalue weighted by Crippen LogP contribution is 2.13. The van der Waals surface area contributed by atoms with Crippen LogP contribution in [0.25, 0.3) is 0 Å². The van der Waals surface area contributed by atoms with Crippen molar-refractivity contribution in [3.63, 3.8) is 0 Å². The summed E-state index contributed by atoms with van der Waals surface area (Å²) in [6.45, 7) is 1.57. The summed E-state index contributed by atoms with van der Waals surface area (Å²) < 4.78 is 2.38. The minimum Gasteiger partial charge on any atom is -0.341 e. The first-order chi connectivity index (χ1) is 10.6. The number of hydrogen-bond acceptors (Lipinski definition) is 4. The molecule has 1 aromatic heterocycles. The van der Waals surface area contributed by atoms with Gasteiger partial charge in [-0.2, -0.15) is 5.26 Å². The molecular weight excluding hydrogens is 284 g/mol. The molecule has 3 rings (SSSR count). The maximum atomic E-state index is 12.4. The Bertz CT molecular complexity index is 763. The average Bonchev–Trinajstić information content (AvgIpc) is 3.02. The Balaban J connectivity index is 1.98. The third kappa shape index (κ3) is 2.34. The normalized spacial score (nSPS) is 17.1. The van der Waals surface area contributed by atoms with Gasteiger partial charge < -0.3 is 4.90 Å². The van der Waals surface area contributed by atoms with E-state index in [9.17, 15) is 19.6 Å². The monoisotopic (exact) mass is 302 g/mol. The van der Waals surface area contributed by atoms with Gasteiger partial charge in [0, 0.05) is 25.3 Å². The van der Waals surface area contributed by atoms with Crippen LogP contribution >= 0.6 is 0 Å². The number of nitrogens with zero attached hydrogens (tertiary/aromatic N) is 4. The van der Waals surface area contributed by atoms with Gasteiger partial charge in [0.25, 0.3) is 5.56 Å². The number of carbonyl (C=O) groups is 1. The van der Waals surface area contributed by atoms with Gasteiger partial charge in [-0.1, -0.05) is 0 Å². The Morgan fingerprint density at radius 3 is 2.50 bits per heavy atom. The van der Waals surface area contributed by atoms with Crippen LogP contribution in [0.5, 0.6) is 0 Å². The standard InChI is InChI=1S/C15H18N4O3/c16-9-11-12-5-4-8-18(12)15(22)19(14(11)21)10-13(20)17-6-2-1-3-7-17/h1-8,10H2. The molecule has 7 nitrogen and oxygen atoms in total. The highest BCUT2D eigenvalue weighted by atomic mass is 16.2. The molecule has 7 heteroatoms. The quantitative estimate of drug-likeness (QED) is 0.759. The predicted octanol–water partition coefficient (Wildman–Crippen LogP) is -0.160. The Kier molecular flexibility index (Phi) is 3.84. The molecule has 0 bridgehead atoms. The lowest BCUT2D eigenvalue weighted by molar-refractivity contribution is -0.132. The van der Waals surface area contributed by atoms with Gasteiger partial charge >= 0.3 is 5.69 Å². The second kappa shape index (κ2) is 5.79. The summed E-state index contributed by atoms with van der Waals surface area (Å²) in [5.41, 5.74) is -0.587. The van der Waals surface area contributed by atoms with Crippen LogP contribution in [0.4, 0.5) is 0 Å². The number of carbonyl (C=O) groups excluding carboxylic acids is 1. The molecule has 3 heterocycles. The summed E-state index contributed by atoms with van der Waals surface area (Å²) >= 11 is 0. The van der Waals surface area contributed by atoms with Gasteiger partial charge in [0.15, 0.2) is 0 Å². The summed E-state index contributed by atoms with van der Waals surface area (Å²) in [4.78, 5) is 38.8. The SMILES string of the molecule is N#Cc1c2n(c(=O)n(CC(=O)N3CCCCC3)c1=O)CCC2. The summed E-state index contributed by atoms with van der Waals surface area (Å²) in [6.07, 6.45) is 4.31. The van der Waals surface area contributed by atoms with Crippen LogP contribution in [0, 0.1) is 11.3 Å². The van der Waals surface area contributed by atoms with Crippen LogP contribution in [0.15, 0.2) is 9.59 Å². The van der Waals surface area contributed by atoms with Gasteiger partial charge in [-0.25, -0.2) is 9.36 Å². The molecule has 1 saturated heterocycles. The molecule has 0 saturated carbocycles. The molecule has 1 fully saturated rings. The van der Waals surface area contributed by atoms with E-state index in [0.717, 1.165) is 30.3 Å². The number of likely N-dealkylation sites (tertiary alicyclic amines) is 1. The number of rotatable bonds is 2. The van der Waals surface area contributed by atoms with Gasteiger partial charge in [0.2, 0.25) is 5.91 Å². The zero-order valence-electron chi connectivity index (χ0n) is 12.4. The smallest absolute Gasteiger partial charge is 0.331 e. The molecule has 116 valence electrons. The number of aromatic nitrogens is 2. The topological polar surface area (TPSA) is 88.1 Å². The fraction of sp³-hybridized carbons (Fsp3) is 0.600. The summed E-state index contributed by atoms with van der Waals surface area (Å²) in [5, 5.41) is 9.21. The van der Waals surface area contributed by atoms with Gasteiger partial charge in [-0.3, -0.25) is 14.2 Å². The maximum Gasteiger partial charge on any atom is 0.331 e. The highest BCUT2D eigenvalue weighted by molar-refractivity contribution is 5.76. The van der Waals surface area contributed by atoms with Crippen LogP contribution in [-0.2, 0) is 24.3 Å². The van der Waals surface area contributed by atoms with E-state index in [0.29, 0.717) is 31.7 Å².